The van der Waals surface area contributed by atoms with Gasteiger partial charge in [-0.3, -0.25) is 9.36 Å². The topological polar surface area (TPSA) is 72.8 Å². The summed E-state index contributed by atoms with van der Waals surface area (Å²) in [5.41, 5.74) is 1.86. The van der Waals surface area contributed by atoms with Gasteiger partial charge in [-0.25, -0.2) is 9.97 Å². The van der Waals surface area contributed by atoms with Crippen molar-refractivity contribution in [2.45, 2.75) is 17.8 Å². The first kappa shape index (κ1) is 20.0. The van der Waals surface area contributed by atoms with Crippen LogP contribution in [-0.2, 0) is 5.75 Å². The average molecular weight is 467 g/mol. The van der Waals surface area contributed by atoms with Crippen molar-refractivity contribution in [1.29, 1.82) is 0 Å². The molecule has 0 aliphatic carbocycles. The van der Waals surface area contributed by atoms with Crippen LogP contribution < -0.4 is 10.3 Å². The molecule has 156 valence electrons. The second-order valence-corrected chi connectivity index (χ2v) is 9.91. The smallest absolute Gasteiger partial charge is 0.260 e. The molecule has 0 aliphatic heterocycles. The Balaban J connectivity index is 1.40. The van der Waals surface area contributed by atoms with E-state index in [-0.39, 0.29) is 5.56 Å². The third-order valence-electron chi connectivity index (χ3n) is 4.79. The van der Waals surface area contributed by atoms with Crippen LogP contribution in [0.4, 0.5) is 0 Å². The highest BCUT2D eigenvalue weighted by Crippen LogP contribution is 2.35. The molecule has 5 rings (SSSR count). The van der Waals surface area contributed by atoms with Gasteiger partial charge in [0, 0.05) is 38.8 Å². The first-order chi connectivity index (χ1) is 15.1. The summed E-state index contributed by atoms with van der Waals surface area (Å²) in [6.45, 7) is 2.07. The molecule has 4 heterocycles. The maximum Gasteiger partial charge on any atom is 0.260 e. The summed E-state index contributed by atoms with van der Waals surface area (Å²) in [7, 11) is 1.65. The van der Waals surface area contributed by atoms with E-state index in [0.717, 1.165) is 31.9 Å². The van der Waals surface area contributed by atoms with Crippen molar-refractivity contribution in [3.05, 3.63) is 75.2 Å². The molecule has 0 atom stereocenters. The number of hydrogen-bond acceptors (Lipinski definition) is 7. The SMILES string of the molecule is COc1ccc(-n2ccnc2SCc2nc3scc(-c4ccc(C)s4)c3c(=O)[nH]2)cc1. The van der Waals surface area contributed by atoms with Crippen LogP contribution in [0.2, 0.25) is 0 Å². The quantitative estimate of drug-likeness (QED) is 0.334. The molecule has 6 nitrogen and oxygen atoms in total. The number of nitrogens with zero attached hydrogens (tertiary/aromatic N) is 3. The van der Waals surface area contributed by atoms with Crippen molar-refractivity contribution in [2.75, 3.05) is 7.11 Å². The van der Waals surface area contributed by atoms with Crippen molar-refractivity contribution in [1.82, 2.24) is 19.5 Å². The number of aryl methyl sites for hydroxylation is 1. The van der Waals surface area contributed by atoms with Crippen LogP contribution in [-0.4, -0.2) is 26.6 Å². The van der Waals surface area contributed by atoms with Gasteiger partial charge in [-0.05, 0) is 43.3 Å². The highest BCUT2D eigenvalue weighted by molar-refractivity contribution is 7.98. The largest absolute Gasteiger partial charge is 0.497 e. The van der Waals surface area contributed by atoms with Gasteiger partial charge < -0.3 is 9.72 Å². The summed E-state index contributed by atoms with van der Waals surface area (Å²) in [6, 6.07) is 11.9. The highest BCUT2D eigenvalue weighted by atomic mass is 32.2. The van der Waals surface area contributed by atoms with E-state index in [4.69, 9.17) is 9.72 Å². The molecule has 0 spiro atoms. The molecule has 0 saturated carbocycles. The molecule has 0 aliphatic rings. The van der Waals surface area contributed by atoms with Crippen LogP contribution in [0.3, 0.4) is 0 Å². The summed E-state index contributed by atoms with van der Waals surface area (Å²) in [4.78, 5) is 28.1. The highest BCUT2D eigenvalue weighted by Gasteiger charge is 2.15. The zero-order valence-corrected chi connectivity index (χ0v) is 19.2. The summed E-state index contributed by atoms with van der Waals surface area (Å²) >= 11 is 4.72. The predicted octanol–water partition coefficient (Wildman–Crippen LogP) is 5.51. The lowest BCUT2D eigenvalue weighted by Crippen LogP contribution is -2.10. The summed E-state index contributed by atoms with van der Waals surface area (Å²) in [5, 5.41) is 3.51. The van der Waals surface area contributed by atoms with Crippen LogP contribution in [0.25, 0.3) is 26.3 Å². The van der Waals surface area contributed by atoms with E-state index in [1.807, 2.05) is 40.4 Å². The number of ether oxygens (including phenoxy) is 1. The molecule has 5 aromatic rings. The molecule has 1 N–H and O–H groups in total. The molecular formula is C22H18N4O2S3. The van der Waals surface area contributed by atoms with Gasteiger partial charge in [0.2, 0.25) is 0 Å². The van der Waals surface area contributed by atoms with Crippen LogP contribution in [0, 0.1) is 6.92 Å². The number of H-pyrrole nitrogens is 1. The minimum absolute atomic E-state index is 0.0959. The molecule has 0 amide bonds. The Morgan fingerprint density at radius 2 is 2.03 bits per heavy atom. The Kier molecular flexibility index (Phi) is 5.39. The number of methoxy groups -OCH3 is 1. The van der Waals surface area contributed by atoms with Crippen LogP contribution in [0.15, 0.2) is 64.1 Å². The number of aromatic amines is 1. The van der Waals surface area contributed by atoms with Crippen molar-refractivity contribution >= 4 is 44.7 Å². The summed E-state index contributed by atoms with van der Waals surface area (Å²) in [6.07, 6.45) is 3.68. The Hall–Kier alpha value is -2.88. The van der Waals surface area contributed by atoms with Crippen molar-refractivity contribution in [3.8, 4) is 21.9 Å². The number of nitrogens with one attached hydrogen (secondary N) is 1. The zero-order valence-electron chi connectivity index (χ0n) is 16.8. The standard InChI is InChI=1S/C22H18N4O2S3/c1-13-3-8-17(31-13)16-11-29-21-19(16)20(27)24-18(25-21)12-30-22-23-9-10-26(22)14-4-6-15(28-2)7-5-14/h3-11H,12H2,1-2H3,(H,24,25,27). The maximum atomic E-state index is 12.8. The number of thiophene rings is 2. The van der Waals surface area contributed by atoms with E-state index in [1.54, 1.807) is 24.6 Å². The fourth-order valence-corrected chi connectivity index (χ4v) is 6.06. The first-order valence-electron chi connectivity index (χ1n) is 9.50. The van der Waals surface area contributed by atoms with Crippen molar-refractivity contribution in [2.24, 2.45) is 0 Å². The lowest BCUT2D eigenvalue weighted by molar-refractivity contribution is 0.414. The molecule has 0 unspecified atom stereocenters. The number of hydrogen-bond donors (Lipinski definition) is 1. The van der Waals surface area contributed by atoms with Crippen LogP contribution in [0.1, 0.15) is 10.7 Å². The summed E-state index contributed by atoms with van der Waals surface area (Å²) in [5.74, 6) is 1.97. The van der Waals surface area contributed by atoms with Crippen LogP contribution >= 0.6 is 34.4 Å². The number of imidazole rings is 1. The van der Waals surface area contributed by atoms with Gasteiger partial charge in [0.1, 0.15) is 16.4 Å². The van der Waals surface area contributed by atoms with Gasteiger partial charge in [-0.1, -0.05) is 11.8 Å². The molecule has 31 heavy (non-hydrogen) atoms. The molecule has 0 saturated heterocycles. The van der Waals surface area contributed by atoms with E-state index >= 15 is 0 Å². The maximum absolute atomic E-state index is 12.8. The number of thioether (sulfide) groups is 1. The Morgan fingerprint density at radius 3 is 2.77 bits per heavy atom. The van der Waals surface area contributed by atoms with Gasteiger partial charge >= 0.3 is 0 Å². The molecule has 0 fully saturated rings. The number of aromatic nitrogens is 4. The van der Waals surface area contributed by atoms with Crippen molar-refractivity contribution in [3.63, 3.8) is 0 Å². The van der Waals surface area contributed by atoms with Gasteiger partial charge in [0.25, 0.3) is 5.56 Å². The van der Waals surface area contributed by atoms with E-state index in [1.165, 1.54) is 28.0 Å². The third-order valence-corrected chi connectivity index (χ3v) is 7.68. The van der Waals surface area contributed by atoms with Gasteiger partial charge in [0.15, 0.2) is 5.16 Å². The second kappa shape index (κ2) is 8.33. The molecule has 4 aromatic heterocycles. The monoisotopic (exact) mass is 466 g/mol. The van der Waals surface area contributed by atoms with Gasteiger partial charge in [-0.2, -0.15) is 0 Å². The van der Waals surface area contributed by atoms with E-state index in [9.17, 15) is 4.79 Å². The number of benzene rings is 1. The van der Waals surface area contributed by atoms with Crippen LogP contribution in [0.5, 0.6) is 5.75 Å². The minimum atomic E-state index is -0.0959. The Labute approximate surface area is 190 Å². The van der Waals surface area contributed by atoms with Gasteiger partial charge in [0.05, 0.1) is 18.2 Å². The summed E-state index contributed by atoms with van der Waals surface area (Å²) < 4.78 is 7.23. The number of fused-ring (bicyclic) bond motifs is 1. The minimum Gasteiger partial charge on any atom is -0.497 e. The predicted molar refractivity (Wildman–Crippen MR) is 128 cm³/mol. The fraction of sp³-hybridized carbons (Fsp3) is 0.136. The molecule has 0 bridgehead atoms. The van der Waals surface area contributed by atoms with E-state index < -0.39 is 0 Å². The zero-order chi connectivity index (χ0) is 21.4. The molecule has 0 radical (unpaired) electrons. The fourth-order valence-electron chi connectivity index (χ4n) is 3.29. The van der Waals surface area contributed by atoms with E-state index in [2.05, 4.69) is 29.0 Å². The second-order valence-electron chi connectivity index (χ2n) is 6.82. The lowest BCUT2D eigenvalue weighted by Gasteiger charge is -2.08. The normalized spacial score (nSPS) is 11.3. The molecule has 1 aromatic carbocycles. The molecule has 9 heteroatoms. The van der Waals surface area contributed by atoms with Crippen molar-refractivity contribution < 1.29 is 4.74 Å². The van der Waals surface area contributed by atoms with E-state index in [0.29, 0.717) is 17.0 Å². The molecular weight excluding hydrogens is 448 g/mol. The Morgan fingerprint density at radius 1 is 1.19 bits per heavy atom. The first-order valence-corrected chi connectivity index (χ1v) is 12.2. The third kappa shape index (κ3) is 3.91. The average Bonchev–Trinajstić information content (AvgIpc) is 3.51. The lowest BCUT2D eigenvalue weighted by atomic mass is 10.2. The Bertz CT molecular complexity index is 1410. The van der Waals surface area contributed by atoms with Gasteiger partial charge in [-0.15, -0.1) is 22.7 Å². The number of rotatable bonds is 6.